The van der Waals surface area contributed by atoms with Gasteiger partial charge in [-0.1, -0.05) is 6.07 Å². The van der Waals surface area contributed by atoms with Crippen LogP contribution in [0.5, 0.6) is 0 Å². The molecule has 1 atom stereocenters. The Bertz CT molecular complexity index is 1100. The maximum atomic E-state index is 13.2. The summed E-state index contributed by atoms with van der Waals surface area (Å²) in [5.41, 5.74) is 4.88. The number of fused-ring (bicyclic) bond motifs is 1. The number of amides is 1. The molecule has 0 spiro atoms. The van der Waals surface area contributed by atoms with E-state index >= 15 is 0 Å². The van der Waals surface area contributed by atoms with Crippen LogP contribution >= 0.6 is 0 Å². The lowest BCUT2D eigenvalue weighted by Crippen LogP contribution is -2.28. The van der Waals surface area contributed by atoms with Crippen molar-refractivity contribution in [2.75, 3.05) is 5.32 Å². The van der Waals surface area contributed by atoms with E-state index in [9.17, 15) is 14.0 Å². The molecule has 0 fully saturated rings. The highest BCUT2D eigenvalue weighted by atomic mass is 19.1. The Kier molecular flexibility index (Phi) is 4.34. The number of carbonyl (C=O) groups is 2. The predicted molar refractivity (Wildman–Crippen MR) is 104 cm³/mol. The maximum Gasteiger partial charge on any atom is 0.226 e. The third-order valence-electron chi connectivity index (χ3n) is 5.28. The van der Waals surface area contributed by atoms with Crippen molar-refractivity contribution in [2.45, 2.75) is 33.1 Å². The zero-order chi connectivity index (χ0) is 20.0. The highest BCUT2D eigenvalue weighted by Gasteiger charge is 2.36. The van der Waals surface area contributed by atoms with Crippen LogP contribution < -0.4 is 5.32 Å². The molecule has 1 aliphatic heterocycles. The second kappa shape index (κ2) is 6.71. The summed E-state index contributed by atoms with van der Waals surface area (Å²) < 4.78 is 14.9. The normalized spacial score (nSPS) is 15.9. The fourth-order valence-corrected chi connectivity index (χ4v) is 3.63. The second-order valence-corrected chi connectivity index (χ2v) is 7.20. The molecule has 28 heavy (non-hydrogen) atoms. The fourth-order valence-electron chi connectivity index (χ4n) is 3.63. The summed E-state index contributed by atoms with van der Waals surface area (Å²) in [5.74, 6) is -0.971. The van der Waals surface area contributed by atoms with Gasteiger partial charge in [-0.2, -0.15) is 5.10 Å². The van der Waals surface area contributed by atoms with Crippen molar-refractivity contribution in [3.8, 4) is 5.69 Å². The van der Waals surface area contributed by atoms with Gasteiger partial charge in [0, 0.05) is 17.5 Å². The van der Waals surface area contributed by atoms with Crippen molar-refractivity contribution >= 4 is 17.5 Å². The van der Waals surface area contributed by atoms with Crippen molar-refractivity contribution in [3.05, 3.63) is 76.2 Å². The number of nitrogens with one attached hydrogen (secondary N) is 1. The van der Waals surface area contributed by atoms with Crippen LogP contribution in [0.1, 0.15) is 45.1 Å². The van der Waals surface area contributed by atoms with E-state index in [1.165, 1.54) is 24.3 Å². The molecule has 1 aromatic heterocycles. The molecule has 2 aromatic carbocycles. The summed E-state index contributed by atoms with van der Waals surface area (Å²) in [5, 5.41) is 7.47. The number of hydrogen-bond acceptors (Lipinski definition) is 3. The minimum atomic E-state index is -0.644. The van der Waals surface area contributed by atoms with Crippen LogP contribution in [0, 0.1) is 26.6 Å². The number of anilines is 1. The number of hydrogen-bond donors (Lipinski definition) is 1. The molecule has 1 N–H and O–H groups in total. The number of nitrogens with zero attached hydrogens (tertiary/aromatic N) is 2. The molecule has 0 radical (unpaired) electrons. The molecule has 0 unspecified atom stereocenters. The van der Waals surface area contributed by atoms with Crippen LogP contribution in [0.25, 0.3) is 5.69 Å². The number of benzene rings is 2. The van der Waals surface area contributed by atoms with Gasteiger partial charge in [-0.05, 0) is 68.3 Å². The lowest BCUT2D eigenvalue weighted by Gasteiger charge is -2.23. The number of carbonyl (C=O) groups excluding carboxylic acids is 2. The SMILES string of the molecule is Cc1ccc(-n2nc(C)c3c2NC(=O)C[C@H]3C(=O)c2ccc(F)cc2)cc1C. The topological polar surface area (TPSA) is 64.0 Å². The van der Waals surface area contributed by atoms with Crippen molar-refractivity contribution in [3.63, 3.8) is 0 Å². The van der Waals surface area contributed by atoms with Crippen molar-refractivity contribution in [2.24, 2.45) is 0 Å². The van der Waals surface area contributed by atoms with Gasteiger partial charge in [0.25, 0.3) is 0 Å². The lowest BCUT2D eigenvalue weighted by atomic mass is 9.85. The second-order valence-electron chi connectivity index (χ2n) is 7.20. The molecule has 1 aliphatic rings. The molecular weight excluding hydrogens is 357 g/mol. The van der Waals surface area contributed by atoms with E-state index in [1.807, 2.05) is 39.0 Å². The van der Waals surface area contributed by atoms with Crippen molar-refractivity contribution in [1.29, 1.82) is 0 Å². The predicted octanol–water partition coefficient (Wildman–Crippen LogP) is 4.25. The van der Waals surface area contributed by atoms with E-state index in [4.69, 9.17) is 0 Å². The third-order valence-corrected chi connectivity index (χ3v) is 5.28. The highest BCUT2D eigenvalue weighted by molar-refractivity contribution is 6.08. The number of Topliss-reactive ketones (excluding diaryl/α,β-unsaturated/α-hetero) is 1. The number of rotatable bonds is 3. The molecule has 2 heterocycles. The molecule has 3 aromatic rings. The van der Waals surface area contributed by atoms with Crippen LogP contribution in [-0.4, -0.2) is 21.5 Å². The average Bonchev–Trinajstić information content (AvgIpc) is 3.00. The van der Waals surface area contributed by atoms with E-state index < -0.39 is 11.7 Å². The fraction of sp³-hybridized carbons (Fsp3) is 0.227. The maximum absolute atomic E-state index is 13.2. The van der Waals surface area contributed by atoms with Gasteiger partial charge in [-0.3, -0.25) is 9.59 Å². The average molecular weight is 377 g/mol. The summed E-state index contributed by atoms with van der Waals surface area (Å²) in [6.07, 6.45) is 0.0443. The highest BCUT2D eigenvalue weighted by Crippen LogP contribution is 2.38. The van der Waals surface area contributed by atoms with Crippen LogP contribution in [-0.2, 0) is 4.79 Å². The van der Waals surface area contributed by atoms with Crippen LogP contribution in [0.15, 0.2) is 42.5 Å². The Labute approximate surface area is 162 Å². The molecule has 0 saturated carbocycles. The van der Waals surface area contributed by atoms with Crippen LogP contribution in [0.2, 0.25) is 0 Å². The van der Waals surface area contributed by atoms with E-state index in [1.54, 1.807) is 4.68 Å². The first-order valence-electron chi connectivity index (χ1n) is 9.12. The van der Waals surface area contributed by atoms with E-state index in [0.717, 1.165) is 16.8 Å². The van der Waals surface area contributed by atoms with Crippen molar-refractivity contribution < 1.29 is 14.0 Å². The first-order valence-corrected chi connectivity index (χ1v) is 9.12. The molecule has 5 nitrogen and oxygen atoms in total. The molecule has 142 valence electrons. The Morgan fingerprint density at radius 2 is 1.82 bits per heavy atom. The number of ketones is 1. The van der Waals surface area contributed by atoms with Gasteiger partial charge in [0.1, 0.15) is 11.6 Å². The largest absolute Gasteiger partial charge is 0.310 e. The van der Waals surface area contributed by atoms with Gasteiger partial charge in [-0.25, -0.2) is 9.07 Å². The molecular formula is C22H20FN3O2. The lowest BCUT2D eigenvalue weighted by molar-refractivity contribution is -0.116. The summed E-state index contributed by atoms with van der Waals surface area (Å²) in [6.45, 7) is 5.88. The Morgan fingerprint density at radius 3 is 2.50 bits per heavy atom. The number of aryl methyl sites for hydroxylation is 3. The summed E-state index contributed by atoms with van der Waals surface area (Å²) in [4.78, 5) is 25.5. The molecule has 0 saturated heterocycles. The van der Waals surface area contributed by atoms with E-state index in [-0.39, 0.29) is 18.1 Å². The van der Waals surface area contributed by atoms with Gasteiger partial charge < -0.3 is 5.32 Å². The third kappa shape index (κ3) is 3.01. The Morgan fingerprint density at radius 1 is 1.11 bits per heavy atom. The molecule has 6 heteroatoms. The zero-order valence-electron chi connectivity index (χ0n) is 15.9. The minimum absolute atomic E-state index is 0.0443. The van der Waals surface area contributed by atoms with Gasteiger partial charge >= 0.3 is 0 Å². The Hall–Kier alpha value is -3.28. The van der Waals surface area contributed by atoms with Gasteiger partial charge in [0.15, 0.2) is 5.78 Å². The van der Waals surface area contributed by atoms with Crippen LogP contribution in [0.3, 0.4) is 0 Å². The number of halogens is 1. The van der Waals surface area contributed by atoms with Gasteiger partial charge in [0.05, 0.1) is 17.3 Å². The summed E-state index contributed by atoms with van der Waals surface area (Å²) >= 11 is 0. The molecule has 1 amide bonds. The minimum Gasteiger partial charge on any atom is -0.310 e. The quantitative estimate of drug-likeness (QED) is 0.694. The summed E-state index contributed by atoms with van der Waals surface area (Å²) in [6, 6.07) is 11.3. The zero-order valence-corrected chi connectivity index (χ0v) is 15.9. The molecule has 4 rings (SSSR count). The van der Waals surface area contributed by atoms with E-state index in [2.05, 4.69) is 10.4 Å². The van der Waals surface area contributed by atoms with Gasteiger partial charge in [0.2, 0.25) is 5.91 Å². The Balaban J connectivity index is 1.82. The standard InChI is InChI=1S/C22H20FN3O2/c1-12-4-9-17(10-13(12)2)26-22-20(14(3)25-26)18(11-19(27)24-22)21(28)15-5-7-16(23)8-6-15/h4-10,18H,11H2,1-3H3,(H,24,27)/t18-/m1/s1. The van der Waals surface area contributed by atoms with E-state index in [0.29, 0.717) is 22.6 Å². The first kappa shape index (κ1) is 18.1. The molecule has 0 aliphatic carbocycles. The molecule has 0 bridgehead atoms. The van der Waals surface area contributed by atoms with Crippen molar-refractivity contribution in [1.82, 2.24) is 9.78 Å². The summed E-state index contributed by atoms with van der Waals surface area (Å²) in [7, 11) is 0. The van der Waals surface area contributed by atoms with Gasteiger partial charge in [-0.15, -0.1) is 0 Å². The smallest absolute Gasteiger partial charge is 0.226 e. The van der Waals surface area contributed by atoms with Crippen LogP contribution in [0.4, 0.5) is 10.2 Å². The monoisotopic (exact) mass is 377 g/mol. The first-order chi connectivity index (χ1) is 13.3. The number of aromatic nitrogens is 2.